The molecule has 0 aromatic heterocycles. The van der Waals surface area contributed by atoms with Crippen molar-refractivity contribution in [2.45, 2.75) is 51.0 Å². The van der Waals surface area contributed by atoms with Crippen LogP contribution in [0.5, 0.6) is 5.75 Å². The number of benzene rings is 2. The minimum Gasteiger partial charge on any atom is -0.495 e. The molecule has 6 nitrogen and oxygen atoms in total. The largest absolute Gasteiger partial charge is 0.495 e. The van der Waals surface area contributed by atoms with Gasteiger partial charge in [-0.3, -0.25) is 4.79 Å². The van der Waals surface area contributed by atoms with E-state index in [9.17, 15) is 13.2 Å². The summed E-state index contributed by atoms with van der Waals surface area (Å²) in [4.78, 5) is 13.9. The fourth-order valence-corrected chi connectivity index (χ4v) is 4.90. The van der Waals surface area contributed by atoms with E-state index < -0.39 is 10.0 Å². The van der Waals surface area contributed by atoms with Crippen molar-refractivity contribution in [1.82, 2.24) is 4.72 Å². The van der Waals surface area contributed by atoms with Crippen molar-refractivity contribution in [2.24, 2.45) is 0 Å². The van der Waals surface area contributed by atoms with Crippen molar-refractivity contribution in [1.29, 1.82) is 0 Å². The summed E-state index contributed by atoms with van der Waals surface area (Å²) in [5.41, 5.74) is 3.72. The second-order valence-corrected chi connectivity index (χ2v) is 9.12. The maximum atomic E-state index is 13.1. The zero-order valence-corrected chi connectivity index (χ0v) is 18.2. The van der Waals surface area contributed by atoms with E-state index >= 15 is 0 Å². The highest BCUT2D eigenvalue weighted by Crippen LogP contribution is 2.34. The first kappa shape index (κ1) is 21.3. The molecular weight excluding hydrogens is 388 g/mol. The van der Waals surface area contributed by atoms with Crippen LogP contribution in [0.25, 0.3) is 0 Å². The number of carbonyl (C=O) groups is 1. The summed E-state index contributed by atoms with van der Waals surface area (Å²) in [6.45, 7) is 6.56. The molecule has 1 N–H and O–H groups in total. The number of hydrogen-bond donors (Lipinski definition) is 1. The van der Waals surface area contributed by atoms with E-state index in [2.05, 4.69) is 4.72 Å². The zero-order valence-electron chi connectivity index (χ0n) is 17.4. The fourth-order valence-electron chi connectivity index (χ4n) is 3.57. The summed E-state index contributed by atoms with van der Waals surface area (Å²) in [5, 5.41) is 0. The molecule has 1 unspecified atom stereocenters. The van der Waals surface area contributed by atoms with Crippen molar-refractivity contribution in [3.63, 3.8) is 0 Å². The lowest BCUT2D eigenvalue weighted by atomic mass is 10.0. The van der Waals surface area contributed by atoms with Crippen molar-refractivity contribution in [3.05, 3.63) is 53.1 Å². The maximum absolute atomic E-state index is 13.1. The van der Waals surface area contributed by atoms with Gasteiger partial charge in [0.2, 0.25) is 15.9 Å². The normalized spacial score (nSPS) is 15.6. The highest BCUT2D eigenvalue weighted by molar-refractivity contribution is 7.89. The average molecular weight is 417 g/mol. The van der Waals surface area contributed by atoms with Crippen molar-refractivity contribution < 1.29 is 17.9 Å². The first-order valence-electron chi connectivity index (χ1n) is 9.84. The monoisotopic (exact) mass is 416 g/mol. The summed E-state index contributed by atoms with van der Waals surface area (Å²) < 4.78 is 34.4. The molecule has 0 saturated carbocycles. The van der Waals surface area contributed by atoms with E-state index in [-0.39, 0.29) is 16.8 Å². The third-order valence-electron chi connectivity index (χ3n) is 5.46. The molecule has 0 bridgehead atoms. The Kier molecular flexibility index (Phi) is 6.29. The Morgan fingerprint density at radius 2 is 1.90 bits per heavy atom. The van der Waals surface area contributed by atoms with Gasteiger partial charge < -0.3 is 9.64 Å². The maximum Gasteiger partial charge on any atom is 0.241 e. The van der Waals surface area contributed by atoms with Crippen LogP contribution >= 0.6 is 0 Å². The molecule has 2 aromatic rings. The minimum absolute atomic E-state index is 0.0210. The van der Waals surface area contributed by atoms with Gasteiger partial charge in [-0.25, -0.2) is 13.1 Å². The van der Waals surface area contributed by atoms with Crippen LogP contribution in [0, 0.1) is 13.8 Å². The van der Waals surface area contributed by atoms with E-state index in [4.69, 9.17) is 4.74 Å². The average Bonchev–Trinajstić information content (AvgIpc) is 3.13. The summed E-state index contributed by atoms with van der Waals surface area (Å²) in [5.74, 6) is 0.466. The van der Waals surface area contributed by atoms with Crippen LogP contribution in [0.3, 0.4) is 0 Å². The smallest absolute Gasteiger partial charge is 0.241 e. The van der Waals surface area contributed by atoms with Gasteiger partial charge in [-0.2, -0.15) is 0 Å². The quantitative estimate of drug-likeness (QED) is 0.743. The number of rotatable bonds is 7. The Hall–Kier alpha value is -2.38. The van der Waals surface area contributed by atoms with E-state index in [1.807, 2.05) is 39.0 Å². The van der Waals surface area contributed by atoms with Gasteiger partial charge >= 0.3 is 0 Å². The lowest BCUT2D eigenvalue weighted by Gasteiger charge is -2.22. The van der Waals surface area contributed by atoms with Crippen LogP contribution in [0.4, 0.5) is 5.69 Å². The third-order valence-corrected chi connectivity index (χ3v) is 6.93. The van der Waals surface area contributed by atoms with E-state index in [1.54, 1.807) is 11.0 Å². The predicted molar refractivity (Wildman–Crippen MR) is 114 cm³/mol. The molecule has 1 atom stereocenters. The molecule has 7 heteroatoms. The first-order chi connectivity index (χ1) is 13.8. The van der Waals surface area contributed by atoms with Gasteiger partial charge in [0.15, 0.2) is 0 Å². The highest BCUT2D eigenvalue weighted by Gasteiger charge is 2.27. The molecule has 0 spiro atoms. The summed E-state index contributed by atoms with van der Waals surface area (Å²) in [6, 6.07) is 10.3. The number of methoxy groups -OCH3 is 1. The van der Waals surface area contributed by atoms with E-state index in [0.717, 1.165) is 17.5 Å². The Morgan fingerprint density at radius 3 is 2.48 bits per heavy atom. The number of sulfonamides is 1. The number of aryl methyl sites for hydroxylation is 2. The molecule has 0 aliphatic carbocycles. The molecule has 156 valence electrons. The molecule has 1 fully saturated rings. The topological polar surface area (TPSA) is 75.7 Å². The van der Waals surface area contributed by atoms with Gasteiger partial charge in [-0.1, -0.05) is 25.1 Å². The lowest BCUT2D eigenvalue weighted by molar-refractivity contribution is -0.117. The number of ether oxygens (including phenoxy) is 1. The summed E-state index contributed by atoms with van der Waals surface area (Å²) in [6.07, 6.45) is 1.83. The van der Waals surface area contributed by atoms with Crippen LogP contribution in [-0.2, 0) is 14.8 Å². The van der Waals surface area contributed by atoms with Gasteiger partial charge in [-0.15, -0.1) is 0 Å². The second-order valence-electron chi connectivity index (χ2n) is 7.41. The SMILES string of the molecule is CCC(NS(=O)(=O)c1ccc(OC)c(N2CCCC2=O)c1)c1ccc(C)c(C)c1. The molecule has 29 heavy (non-hydrogen) atoms. The Morgan fingerprint density at radius 1 is 1.14 bits per heavy atom. The molecule has 2 aromatic carbocycles. The summed E-state index contributed by atoms with van der Waals surface area (Å²) in [7, 11) is -2.27. The molecule has 3 rings (SSSR count). The molecule has 1 aliphatic rings. The molecule has 0 radical (unpaired) electrons. The molecule has 1 aliphatic heterocycles. The molecular formula is C22H28N2O4S. The standard InChI is InChI=1S/C22H28N2O4S/c1-5-19(17-9-8-15(2)16(3)13-17)23-29(26,27)18-10-11-21(28-4)20(14-18)24-12-6-7-22(24)25/h8-11,13-14,19,23H,5-7,12H2,1-4H3. The number of hydrogen-bond acceptors (Lipinski definition) is 4. The minimum atomic E-state index is -3.78. The number of nitrogens with one attached hydrogen (secondary N) is 1. The van der Waals surface area contributed by atoms with Crippen LogP contribution in [0.15, 0.2) is 41.3 Å². The molecule has 1 amide bonds. The van der Waals surface area contributed by atoms with Crippen LogP contribution in [0.2, 0.25) is 0 Å². The second kappa shape index (κ2) is 8.55. The van der Waals surface area contributed by atoms with Crippen molar-refractivity contribution in [2.75, 3.05) is 18.6 Å². The first-order valence-corrected chi connectivity index (χ1v) is 11.3. The van der Waals surface area contributed by atoms with Gasteiger partial charge in [-0.05, 0) is 61.6 Å². The van der Waals surface area contributed by atoms with Gasteiger partial charge in [0.05, 0.1) is 17.7 Å². The number of nitrogens with zero attached hydrogens (tertiary/aromatic N) is 1. The summed E-state index contributed by atoms with van der Waals surface area (Å²) >= 11 is 0. The third kappa shape index (κ3) is 4.46. The number of carbonyl (C=O) groups excluding carboxylic acids is 1. The highest BCUT2D eigenvalue weighted by atomic mass is 32.2. The van der Waals surface area contributed by atoms with E-state index in [1.165, 1.54) is 24.8 Å². The predicted octanol–water partition coefficient (Wildman–Crippen LogP) is 3.87. The zero-order chi connectivity index (χ0) is 21.2. The Bertz CT molecular complexity index is 1020. The van der Waals surface area contributed by atoms with Crippen LogP contribution < -0.4 is 14.4 Å². The van der Waals surface area contributed by atoms with Crippen molar-refractivity contribution in [3.8, 4) is 5.75 Å². The molecule has 1 saturated heterocycles. The number of amides is 1. The van der Waals surface area contributed by atoms with E-state index in [0.29, 0.717) is 30.8 Å². The fraction of sp³-hybridized carbons (Fsp3) is 0.409. The van der Waals surface area contributed by atoms with Crippen LogP contribution in [0.1, 0.15) is 48.9 Å². The van der Waals surface area contributed by atoms with Crippen LogP contribution in [-0.4, -0.2) is 28.0 Å². The van der Waals surface area contributed by atoms with Gasteiger partial charge in [0.1, 0.15) is 5.75 Å². The Balaban J connectivity index is 1.93. The Labute approximate surface area is 172 Å². The number of anilines is 1. The molecule has 1 heterocycles. The lowest BCUT2D eigenvalue weighted by Crippen LogP contribution is -2.29. The van der Waals surface area contributed by atoms with Gasteiger partial charge in [0, 0.05) is 19.0 Å². The van der Waals surface area contributed by atoms with Gasteiger partial charge in [0.25, 0.3) is 0 Å². The van der Waals surface area contributed by atoms with Crippen molar-refractivity contribution >= 4 is 21.6 Å².